The largest absolute Gasteiger partial charge is 0.384 e. The quantitative estimate of drug-likeness (QED) is 0.838. The van der Waals surface area contributed by atoms with Gasteiger partial charge in [0.25, 0.3) is 5.91 Å². The predicted molar refractivity (Wildman–Crippen MR) is 77.6 cm³/mol. The van der Waals surface area contributed by atoms with Crippen LogP contribution in [0.2, 0.25) is 5.02 Å². The van der Waals surface area contributed by atoms with Crippen LogP contribution in [0.5, 0.6) is 0 Å². The highest BCUT2D eigenvalue weighted by molar-refractivity contribution is 6.31. The standard InChI is InChI=1S/C15H10ClFN2O2/c16-11-4-1-5-12(14(11)17)19-15(21)13-7-6-10(9-18-13)3-2-8-20/h1,4-7,9,20H,8H2,(H,19,21). The van der Waals surface area contributed by atoms with E-state index in [0.29, 0.717) is 5.56 Å². The number of aliphatic hydroxyl groups excluding tert-OH is 1. The second kappa shape index (κ2) is 6.84. The van der Waals surface area contributed by atoms with Gasteiger partial charge in [-0.25, -0.2) is 9.37 Å². The predicted octanol–water partition coefficient (Wildman–Crippen LogP) is 2.47. The fourth-order valence-electron chi connectivity index (χ4n) is 1.53. The van der Waals surface area contributed by atoms with Gasteiger partial charge < -0.3 is 10.4 Å². The van der Waals surface area contributed by atoms with E-state index in [9.17, 15) is 9.18 Å². The van der Waals surface area contributed by atoms with Crippen LogP contribution in [0.3, 0.4) is 0 Å². The van der Waals surface area contributed by atoms with Gasteiger partial charge in [-0.2, -0.15) is 0 Å². The molecule has 2 aromatic rings. The molecule has 6 heteroatoms. The van der Waals surface area contributed by atoms with E-state index in [1.54, 1.807) is 6.07 Å². The Morgan fingerprint density at radius 3 is 2.86 bits per heavy atom. The van der Waals surface area contributed by atoms with Crippen LogP contribution in [0.4, 0.5) is 10.1 Å². The molecule has 0 saturated heterocycles. The summed E-state index contributed by atoms with van der Waals surface area (Å²) < 4.78 is 13.7. The van der Waals surface area contributed by atoms with Gasteiger partial charge in [-0.3, -0.25) is 4.79 Å². The lowest BCUT2D eigenvalue weighted by atomic mass is 10.2. The Morgan fingerprint density at radius 2 is 2.19 bits per heavy atom. The van der Waals surface area contributed by atoms with Gasteiger partial charge in [0.05, 0.1) is 10.7 Å². The third-order valence-corrected chi connectivity index (χ3v) is 2.80. The summed E-state index contributed by atoms with van der Waals surface area (Å²) in [6.45, 7) is -0.254. The molecule has 0 aliphatic heterocycles. The summed E-state index contributed by atoms with van der Waals surface area (Å²) in [6, 6.07) is 7.36. The number of hydrogen-bond acceptors (Lipinski definition) is 3. The number of benzene rings is 1. The van der Waals surface area contributed by atoms with Crippen molar-refractivity contribution in [2.45, 2.75) is 0 Å². The van der Waals surface area contributed by atoms with Crippen molar-refractivity contribution in [3.63, 3.8) is 0 Å². The van der Waals surface area contributed by atoms with Gasteiger partial charge in [0.1, 0.15) is 12.3 Å². The summed E-state index contributed by atoms with van der Waals surface area (Å²) in [5, 5.41) is 10.9. The van der Waals surface area contributed by atoms with Crippen molar-refractivity contribution in [3.8, 4) is 11.8 Å². The van der Waals surface area contributed by atoms with Gasteiger partial charge in [-0.15, -0.1) is 0 Å². The number of nitrogens with zero attached hydrogens (tertiary/aromatic N) is 1. The second-order valence-corrected chi connectivity index (χ2v) is 4.35. The number of halogens is 2. The maximum Gasteiger partial charge on any atom is 0.274 e. The molecule has 0 unspecified atom stereocenters. The minimum absolute atomic E-state index is 0.0153. The number of amides is 1. The van der Waals surface area contributed by atoms with E-state index < -0.39 is 11.7 Å². The first-order valence-electron chi connectivity index (χ1n) is 5.93. The molecule has 0 fully saturated rings. The van der Waals surface area contributed by atoms with Gasteiger partial charge in [0.15, 0.2) is 5.82 Å². The van der Waals surface area contributed by atoms with E-state index in [4.69, 9.17) is 16.7 Å². The van der Waals surface area contributed by atoms with Crippen LogP contribution in [0.15, 0.2) is 36.5 Å². The Hall–Kier alpha value is -2.42. The summed E-state index contributed by atoms with van der Waals surface area (Å²) in [5.41, 5.74) is 0.664. The molecule has 0 spiro atoms. The first-order chi connectivity index (χ1) is 10.1. The number of hydrogen-bond donors (Lipinski definition) is 2. The molecule has 2 rings (SSSR count). The van der Waals surface area contributed by atoms with Gasteiger partial charge in [0.2, 0.25) is 0 Å². The average Bonchev–Trinajstić information content (AvgIpc) is 2.50. The summed E-state index contributed by atoms with van der Waals surface area (Å²) >= 11 is 5.64. The fourth-order valence-corrected chi connectivity index (χ4v) is 1.70. The fraction of sp³-hybridized carbons (Fsp3) is 0.0667. The van der Waals surface area contributed by atoms with Crippen molar-refractivity contribution in [1.82, 2.24) is 4.98 Å². The first-order valence-corrected chi connectivity index (χ1v) is 6.31. The Labute approximate surface area is 125 Å². The molecule has 1 aromatic carbocycles. The van der Waals surface area contributed by atoms with E-state index in [1.165, 1.54) is 30.5 Å². The van der Waals surface area contributed by atoms with Gasteiger partial charge in [-0.1, -0.05) is 29.5 Å². The molecule has 0 radical (unpaired) electrons. The van der Waals surface area contributed by atoms with E-state index in [0.717, 1.165) is 0 Å². The average molecular weight is 305 g/mol. The third kappa shape index (κ3) is 3.78. The Bertz CT molecular complexity index is 721. The zero-order chi connectivity index (χ0) is 15.2. The van der Waals surface area contributed by atoms with Crippen LogP contribution < -0.4 is 5.32 Å². The number of aromatic nitrogens is 1. The summed E-state index contributed by atoms with van der Waals surface area (Å²) in [4.78, 5) is 15.9. The van der Waals surface area contributed by atoms with E-state index in [-0.39, 0.29) is 23.0 Å². The van der Waals surface area contributed by atoms with Gasteiger partial charge in [-0.05, 0) is 24.3 Å². The number of anilines is 1. The number of nitrogens with one attached hydrogen (secondary N) is 1. The highest BCUT2D eigenvalue weighted by Crippen LogP contribution is 2.22. The lowest BCUT2D eigenvalue weighted by Gasteiger charge is -2.06. The van der Waals surface area contributed by atoms with Crippen molar-refractivity contribution in [1.29, 1.82) is 0 Å². The summed E-state index contributed by atoms with van der Waals surface area (Å²) in [7, 11) is 0. The van der Waals surface area contributed by atoms with Crippen molar-refractivity contribution < 1.29 is 14.3 Å². The summed E-state index contributed by atoms with van der Waals surface area (Å²) in [6.07, 6.45) is 1.39. The molecule has 2 N–H and O–H groups in total. The van der Waals surface area contributed by atoms with E-state index in [2.05, 4.69) is 22.1 Å². The highest BCUT2D eigenvalue weighted by atomic mass is 35.5. The summed E-state index contributed by atoms with van der Waals surface area (Å²) in [5.74, 6) is 3.87. The smallest absolute Gasteiger partial charge is 0.274 e. The van der Waals surface area contributed by atoms with Crippen LogP contribution in [0.1, 0.15) is 16.1 Å². The van der Waals surface area contributed by atoms with Crippen LogP contribution >= 0.6 is 11.6 Å². The van der Waals surface area contributed by atoms with Gasteiger partial charge >= 0.3 is 0 Å². The second-order valence-electron chi connectivity index (χ2n) is 3.95. The molecule has 4 nitrogen and oxygen atoms in total. The lowest BCUT2D eigenvalue weighted by molar-refractivity contribution is 0.102. The molecule has 1 aromatic heterocycles. The molecule has 0 aliphatic carbocycles. The molecular weight excluding hydrogens is 295 g/mol. The van der Waals surface area contributed by atoms with E-state index >= 15 is 0 Å². The molecule has 0 aliphatic rings. The zero-order valence-electron chi connectivity index (χ0n) is 10.7. The third-order valence-electron chi connectivity index (χ3n) is 2.51. The van der Waals surface area contributed by atoms with Crippen molar-refractivity contribution in [2.75, 3.05) is 11.9 Å². The molecule has 0 bridgehead atoms. The minimum atomic E-state index is -0.696. The first kappa shape index (κ1) is 15.0. The molecule has 1 heterocycles. The molecule has 0 atom stereocenters. The number of carbonyl (C=O) groups is 1. The van der Waals surface area contributed by atoms with Crippen molar-refractivity contribution >= 4 is 23.2 Å². The van der Waals surface area contributed by atoms with Crippen LogP contribution in [0, 0.1) is 17.7 Å². The Morgan fingerprint density at radius 1 is 1.38 bits per heavy atom. The number of carbonyl (C=O) groups excluding carboxylic acids is 1. The number of rotatable bonds is 2. The lowest BCUT2D eigenvalue weighted by Crippen LogP contribution is -2.14. The van der Waals surface area contributed by atoms with Crippen molar-refractivity contribution in [2.24, 2.45) is 0 Å². The van der Waals surface area contributed by atoms with Crippen molar-refractivity contribution in [3.05, 3.63) is 58.6 Å². The maximum absolute atomic E-state index is 13.7. The Kier molecular flexibility index (Phi) is 4.88. The molecule has 106 valence electrons. The maximum atomic E-state index is 13.7. The molecule has 21 heavy (non-hydrogen) atoms. The number of aliphatic hydroxyl groups is 1. The van der Waals surface area contributed by atoms with Crippen LogP contribution in [-0.2, 0) is 0 Å². The monoisotopic (exact) mass is 304 g/mol. The molecular formula is C15H10ClFN2O2. The SMILES string of the molecule is O=C(Nc1cccc(Cl)c1F)c1ccc(C#CCO)cn1. The topological polar surface area (TPSA) is 62.2 Å². The Balaban J connectivity index is 2.15. The van der Waals surface area contributed by atoms with Gasteiger partial charge in [0, 0.05) is 11.8 Å². The van der Waals surface area contributed by atoms with Crippen LogP contribution in [0.25, 0.3) is 0 Å². The molecule has 1 amide bonds. The van der Waals surface area contributed by atoms with E-state index in [1.807, 2.05) is 0 Å². The van der Waals surface area contributed by atoms with Crippen LogP contribution in [-0.4, -0.2) is 22.6 Å². The normalized spacial score (nSPS) is 9.67. The highest BCUT2D eigenvalue weighted by Gasteiger charge is 2.12. The molecule has 0 saturated carbocycles. The minimum Gasteiger partial charge on any atom is -0.384 e. The zero-order valence-corrected chi connectivity index (χ0v) is 11.5. The number of pyridine rings is 1.